The summed E-state index contributed by atoms with van der Waals surface area (Å²) in [4.78, 5) is 0. The number of allylic oxidation sites excluding steroid dienone is 3. The predicted octanol–water partition coefficient (Wildman–Crippen LogP) is 5.46. The molecule has 0 saturated heterocycles. The van der Waals surface area contributed by atoms with Crippen LogP contribution in [0.3, 0.4) is 0 Å². The van der Waals surface area contributed by atoms with E-state index in [2.05, 4.69) is 52.0 Å². The van der Waals surface area contributed by atoms with Crippen molar-refractivity contribution in [2.75, 3.05) is 6.61 Å². The Morgan fingerprint density at radius 2 is 1.74 bits per heavy atom. The van der Waals surface area contributed by atoms with Crippen molar-refractivity contribution in [2.24, 2.45) is 0 Å². The van der Waals surface area contributed by atoms with Crippen LogP contribution in [0.1, 0.15) is 45.6 Å². The smallest absolute Gasteiger partial charge is 0.119 e. The first kappa shape index (κ1) is 15.6. The lowest BCUT2D eigenvalue weighted by Crippen LogP contribution is -1.94. The van der Waals surface area contributed by atoms with Crippen LogP contribution in [0.2, 0.25) is 0 Å². The van der Waals surface area contributed by atoms with Gasteiger partial charge in [-0.2, -0.15) is 0 Å². The standard InChI is InChI=1S/C18H26O/c1-5-15(2)7-6-8-16(3)13-14-19-18-11-9-17(4)10-12-18/h7,9-13H,5-6,8,14H2,1-4H3/b15-7+,16-13+. The van der Waals surface area contributed by atoms with Gasteiger partial charge < -0.3 is 4.74 Å². The van der Waals surface area contributed by atoms with Gasteiger partial charge in [-0.1, -0.05) is 41.8 Å². The van der Waals surface area contributed by atoms with Crippen molar-refractivity contribution in [3.05, 3.63) is 53.1 Å². The molecule has 1 aromatic rings. The Bertz CT molecular complexity index is 424. The fourth-order valence-electron chi connectivity index (χ4n) is 1.71. The van der Waals surface area contributed by atoms with Gasteiger partial charge in [0.15, 0.2) is 0 Å². The first-order valence-corrected chi connectivity index (χ1v) is 7.12. The fraction of sp³-hybridized carbons (Fsp3) is 0.444. The highest BCUT2D eigenvalue weighted by atomic mass is 16.5. The van der Waals surface area contributed by atoms with E-state index >= 15 is 0 Å². The third-order valence-corrected chi connectivity index (χ3v) is 3.29. The maximum absolute atomic E-state index is 5.69. The van der Waals surface area contributed by atoms with Gasteiger partial charge in [-0.25, -0.2) is 0 Å². The van der Waals surface area contributed by atoms with E-state index < -0.39 is 0 Å². The molecule has 0 saturated carbocycles. The normalized spacial score (nSPS) is 12.6. The Balaban J connectivity index is 2.30. The Labute approximate surface area is 118 Å². The van der Waals surface area contributed by atoms with E-state index in [0.29, 0.717) is 6.61 Å². The molecule has 0 fully saturated rings. The van der Waals surface area contributed by atoms with Gasteiger partial charge in [0.1, 0.15) is 12.4 Å². The average molecular weight is 258 g/mol. The van der Waals surface area contributed by atoms with Gasteiger partial charge in [-0.3, -0.25) is 0 Å². The lowest BCUT2D eigenvalue weighted by molar-refractivity contribution is 0.361. The van der Waals surface area contributed by atoms with Crippen molar-refractivity contribution >= 4 is 0 Å². The fourth-order valence-corrected chi connectivity index (χ4v) is 1.71. The summed E-state index contributed by atoms with van der Waals surface area (Å²) < 4.78 is 5.69. The van der Waals surface area contributed by atoms with Gasteiger partial charge >= 0.3 is 0 Å². The topological polar surface area (TPSA) is 9.23 Å². The molecule has 0 aliphatic rings. The summed E-state index contributed by atoms with van der Waals surface area (Å²) in [6, 6.07) is 8.19. The Hall–Kier alpha value is -1.50. The summed E-state index contributed by atoms with van der Waals surface area (Å²) in [6.45, 7) is 9.31. The first-order chi connectivity index (χ1) is 9.11. The molecular formula is C18H26O. The molecule has 0 amide bonds. The molecule has 0 bridgehead atoms. The molecule has 0 aliphatic carbocycles. The molecule has 1 rings (SSSR count). The van der Waals surface area contributed by atoms with Gasteiger partial charge in [0.05, 0.1) is 0 Å². The quantitative estimate of drug-likeness (QED) is 0.590. The molecule has 0 aliphatic heterocycles. The van der Waals surface area contributed by atoms with E-state index in [9.17, 15) is 0 Å². The van der Waals surface area contributed by atoms with E-state index in [0.717, 1.165) is 25.0 Å². The predicted molar refractivity (Wildman–Crippen MR) is 83.7 cm³/mol. The monoisotopic (exact) mass is 258 g/mol. The van der Waals surface area contributed by atoms with Crippen LogP contribution in [-0.4, -0.2) is 6.61 Å². The minimum atomic E-state index is 0.658. The minimum absolute atomic E-state index is 0.658. The molecule has 1 nitrogen and oxygen atoms in total. The van der Waals surface area contributed by atoms with Gasteiger partial charge in [0, 0.05) is 0 Å². The molecule has 0 aromatic heterocycles. The number of ether oxygens (including phenoxy) is 1. The second-order valence-electron chi connectivity index (χ2n) is 5.12. The lowest BCUT2D eigenvalue weighted by Gasteiger charge is -2.05. The Morgan fingerprint density at radius 1 is 1.05 bits per heavy atom. The van der Waals surface area contributed by atoms with Crippen LogP contribution in [0.4, 0.5) is 0 Å². The molecule has 1 heteroatoms. The Morgan fingerprint density at radius 3 is 2.37 bits per heavy atom. The molecular weight excluding hydrogens is 232 g/mol. The van der Waals surface area contributed by atoms with Crippen LogP contribution in [0.5, 0.6) is 5.75 Å². The van der Waals surface area contributed by atoms with Crippen LogP contribution in [0.25, 0.3) is 0 Å². The minimum Gasteiger partial charge on any atom is -0.490 e. The maximum atomic E-state index is 5.69. The largest absolute Gasteiger partial charge is 0.490 e. The molecule has 0 unspecified atom stereocenters. The SMILES string of the molecule is CC/C(C)=C/CC/C(C)=C/COc1ccc(C)cc1. The molecule has 0 heterocycles. The lowest BCUT2D eigenvalue weighted by atomic mass is 10.1. The van der Waals surface area contributed by atoms with Crippen molar-refractivity contribution in [3.8, 4) is 5.75 Å². The highest BCUT2D eigenvalue weighted by molar-refractivity contribution is 5.26. The third-order valence-electron chi connectivity index (χ3n) is 3.29. The zero-order valence-corrected chi connectivity index (χ0v) is 12.7. The second-order valence-corrected chi connectivity index (χ2v) is 5.12. The van der Waals surface area contributed by atoms with Crippen molar-refractivity contribution < 1.29 is 4.74 Å². The molecule has 0 radical (unpaired) electrons. The third kappa shape index (κ3) is 6.85. The van der Waals surface area contributed by atoms with Gasteiger partial charge in [-0.15, -0.1) is 0 Å². The average Bonchev–Trinajstić information content (AvgIpc) is 2.41. The maximum Gasteiger partial charge on any atom is 0.119 e. The van der Waals surface area contributed by atoms with Crippen molar-refractivity contribution in [1.29, 1.82) is 0 Å². The number of rotatable bonds is 7. The van der Waals surface area contributed by atoms with Crippen LogP contribution in [0.15, 0.2) is 47.6 Å². The van der Waals surface area contributed by atoms with Crippen LogP contribution in [-0.2, 0) is 0 Å². The molecule has 104 valence electrons. The molecule has 0 spiro atoms. The molecule has 0 N–H and O–H groups in total. The molecule has 1 aromatic carbocycles. The summed E-state index contributed by atoms with van der Waals surface area (Å²) in [5, 5.41) is 0. The Kier molecular flexibility index (Phi) is 7.02. The zero-order chi connectivity index (χ0) is 14.1. The van der Waals surface area contributed by atoms with E-state index in [1.54, 1.807) is 0 Å². The van der Waals surface area contributed by atoms with Crippen LogP contribution < -0.4 is 4.74 Å². The highest BCUT2D eigenvalue weighted by Gasteiger charge is 1.93. The summed E-state index contributed by atoms with van der Waals surface area (Å²) in [6.07, 6.45) is 7.91. The van der Waals surface area contributed by atoms with Gasteiger partial charge in [0.25, 0.3) is 0 Å². The van der Waals surface area contributed by atoms with E-state index in [4.69, 9.17) is 4.74 Å². The van der Waals surface area contributed by atoms with E-state index in [1.807, 2.05) is 12.1 Å². The summed E-state index contributed by atoms with van der Waals surface area (Å²) in [5.41, 5.74) is 4.13. The number of hydrogen-bond donors (Lipinski definition) is 0. The number of hydrogen-bond acceptors (Lipinski definition) is 1. The van der Waals surface area contributed by atoms with Crippen molar-refractivity contribution in [1.82, 2.24) is 0 Å². The zero-order valence-electron chi connectivity index (χ0n) is 12.7. The van der Waals surface area contributed by atoms with Crippen LogP contribution >= 0.6 is 0 Å². The second kappa shape index (κ2) is 8.58. The van der Waals surface area contributed by atoms with Gasteiger partial charge in [0.2, 0.25) is 0 Å². The highest BCUT2D eigenvalue weighted by Crippen LogP contribution is 2.12. The van der Waals surface area contributed by atoms with E-state index in [1.165, 1.54) is 16.7 Å². The van der Waals surface area contributed by atoms with Crippen LogP contribution in [0, 0.1) is 6.92 Å². The molecule has 19 heavy (non-hydrogen) atoms. The first-order valence-electron chi connectivity index (χ1n) is 7.12. The van der Waals surface area contributed by atoms with Crippen molar-refractivity contribution in [3.63, 3.8) is 0 Å². The van der Waals surface area contributed by atoms with Gasteiger partial charge in [-0.05, 0) is 58.2 Å². The summed E-state index contributed by atoms with van der Waals surface area (Å²) >= 11 is 0. The van der Waals surface area contributed by atoms with E-state index in [-0.39, 0.29) is 0 Å². The number of benzene rings is 1. The molecule has 0 atom stereocenters. The number of aryl methyl sites for hydroxylation is 1. The summed E-state index contributed by atoms with van der Waals surface area (Å²) in [7, 11) is 0. The summed E-state index contributed by atoms with van der Waals surface area (Å²) in [5.74, 6) is 0.941. The van der Waals surface area contributed by atoms with Crippen molar-refractivity contribution in [2.45, 2.75) is 47.0 Å².